The smallest absolute Gasteiger partial charge is 0.377 e. The number of nitrogens with zero attached hydrogens (tertiary/aromatic N) is 2. The average Bonchev–Trinajstić information content (AvgIpc) is 2.88. The minimum atomic E-state index is -1.17. The summed E-state index contributed by atoms with van der Waals surface area (Å²) in [5.41, 5.74) is 2.27. The molecule has 0 radical (unpaired) electrons. The molecule has 1 unspecified atom stereocenters. The maximum atomic E-state index is 10.7. The third-order valence-corrected chi connectivity index (χ3v) is 3.00. The van der Waals surface area contributed by atoms with Gasteiger partial charge in [0.2, 0.25) is 5.89 Å². The van der Waals surface area contributed by atoms with Crippen LogP contribution in [0.2, 0.25) is 0 Å². The molecule has 0 aliphatic carbocycles. The zero-order valence-corrected chi connectivity index (χ0v) is 9.46. The van der Waals surface area contributed by atoms with Gasteiger partial charge >= 0.3 is 5.97 Å². The molecular formula is C12H11N3O3. The number of carbonyl (C=O) groups is 1. The van der Waals surface area contributed by atoms with E-state index in [-0.39, 0.29) is 11.7 Å². The van der Waals surface area contributed by atoms with Gasteiger partial charge in [0.25, 0.3) is 5.82 Å². The molecule has 2 heterocycles. The lowest BCUT2D eigenvalue weighted by atomic mass is 9.94. The van der Waals surface area contributed by atoms with Gasteiger partial charge in [-0.3, -0.25) is 0 Å². The Morgan fingerprint density at radius 3 is 3.06 bits per heavy atom. The van der Waals surface area contributed by atoms with E-state index in [2.05, 4.69) is 15.5 Å². The van der Waals surface area contributed by atoms with Crippen LogP contribution < -0.4 is 5.32 Å². The number of carboxylic acids is 1. The Bertz CT molecular complexity index is 594. The van der Waals surface area contributed by atoms with Gasteiger partial charge in [-0.25, -0.2) is 4.79 Å². The Kier molecular flexibility index (Phi) is 2.47. The van der Waals surface area contributed by atoms with E-state index in [0.717, 1.165) is 12.1 Å². The topological polar surface area (TPSA) is 88.2 Å². The van der Waals surface area contributed by atoms with E-state index in [9.17, 15) is 4.79 Å². The van der Waals surface area contributed by atoms with Crippen LogP contribution in [0.1, 0.15) is 28.0 Å². The first-order valence-corrected chi connectivity index (χ1v) is 5.62. The van der Waals surface area contributed by atoms with Crippen molar-refractivity contribution in [3.05, 3.63) is 41.5 Å². The van der Waals surface area contributed by atoms with Crippen molar-refractivity contribution in [1.29, 1.82) is 0 Å². The summed E-state index contributed by atoms with van der Waals surface area (Å²) >= 11 is 0. The van der Waals surface area contributed by atoms with Gasteiger partial charge in [-0.05, 0) is 23.2 Å². The highest BCUT2D eigenvalue weighted by Gasteiger charge is 2.25. The largest absolute Gasteiger partial charge is 0.475 e. The van der Waals surface area contributed by atoms with E-state index in [4.69, 9.17) is 9.63 Å². The molecule has 6 nitrogen and oxygen atoms in total. The Hall–Kier alpha value is -2.37. The van der Waals surface area contributed by atoms with Crippen molar-refractivity contribution in [2.75, 3.05) is 11.9 Å². The number of hydrogen-bond donors (Lipinski definition) is 2. The highest BCUT2D eigenvalue weighted by Crippen LogP contribution is 2.29. The second-order valence-electron chi connectivity index (χ2n) is 4.20. The summed E-state index contributed by atoms with van der Waals surface area (Å²) < 4.78 is 5.00. The van der Waals surface area contributed by atoms with Gasteiger partial charge in [-0.2, -0.15) is 4.98 Å². The number of hydrogen-bond acceptors (Lipinski definition) is 5. The summed E-state index contributed by atoms with van der Waals surface area (Å²) in [5.74, 6) is -1.08. The predicted molar refractivity (Wildman–Crippen MR) is 62.6 cm³/mol. The van der Waals surface area contributed by atoms with Gasteiger partial charge in [0.05, 0.1) is 5.92 Å². The Morgan fingerprint density at radius 2 is 2.28 bits per heavy atom. The monoisotopic (exact) mass is 245 g/mol. The molecule has 1 aromatic carbocycles. The first-order valence-electron chi connectivity index (χ1n) is 5.62. The second kappa shape index (κ2) is 4.14. The van der Waals surface area contributed by atoms with Gasteiger partial charge in [0.1, 0.15) is 0 Å². The lowest BCUT2D eigenvalue weighted by Crippen LogP contribution is -2.21. The van der Waals surface area contributed by atoms with Crippen LogP contribution in [-0.2, 0) is 6.42 Å². The third kappa shape index (κ3) is 1.81. The molecule has 3 rings (SSSR count). The maximum Gasteiger partial charge on any atom is 0.377 e. The quantitative estimate of drug-likeness (QED) is 0.833. The molecule has 92 valence electrons. The van der Waals surface area contributed by atoms with Gasteiger partial charge in [0.15, 0.2) is 0 Å². The molecule has 2 aromatic rings. The lowest BCUT2D eigenvalue weighted by Gasteiger charge is -2.23. The van der Waals surface area contributed by atoms with E-state index >= 15 is 0 Å². The number of benzene rings is 1. The molecule has 1 aliphatic heterocycles. The molecule has 1 atom stereocenters. The number of nitrogens with one attached hydrogen (secondary N) is 1. The van der Waals surface area contributed by atoms with E-state index in [1.54, 1.807) is 0 Å². The first-order chi connectivity index (χ1) is 8.74. The van der Waals surface area contributed by atoms with Crippen LogP contribution in [0.25, 0.3) is 0 Å². The van der Waals surface area contributed by atoms with E-state index < -0.39 is 5.97 Å². The van der Waals surface area contributed by atoms with Crippen molar-refractivity contribution < 1.29 is 14.4 Å². The minimum Gasteiger partial charge on any atom is -0.475 e. The van der Waals surface area contributed by atoms with Crippen molar-refractivity contribution in [3.63, 3.8) is 0 Å². The van der Waals surface area contributed by atoms with E-state index in [0.29, 0.717) is 12.4 Å². The van der Waals surface area contributed by atoms with Crippen LogP contribution in [0, 0.1) is 0 Å². The second-order valence-corrected chi connectivity index (χ2v) is 4.20. The molecule has 0 saturated carbocycles. The number of anilines is 1. The number of fused-ring (bicyclic) bond motifs is 1. The maximum absolute atomic E-state index is 10.7. The number of aromatic nitrogens is 2. The highest BCUT2D eigenvalue weighted by molar-refractivity contribution is 5.82. The summed E-state index contributed by atoms with van der Waals surface area (Å²) in [6.07, 6.45) is 0.768. The Balaban J connectivity index is 1.85. The molecule has 18 heavy (non-hydrogen) atoms. The lowest BCUT2D eigenvalue weighted by molar-refractivity contribution is 0.0680. The Labute approximate surface area is 103 Å². The van der Waals surface area contributed by atoms with E-state index in [1.165, 1.54) is 5.56 Å². The first kappa shape index (κ1) is 10.8. The SMILES string of the molecule is O=C(O)c1noc(C2CNc3ccccc3C2)n1. The zero-order valence-electron chi connectivity index (χ0n) is 9.46. The van der Waals surface area contributed by atoms with Crippen molar-refractivity contribution in [3.8, 4) is 0 Å². The summed E-state index contributed by atoms with van der Waals surface area (Å²) in [7, 11) is 0. The molecule has 6 heteroatoms. The fraction of sp³-hybridized carbons (Fsp3) is 0.250. The van der Waals surface area contributed by atoms with Gasteiger partial charge in [-0.1, -0.05) is 18.2 Å². The fourth-order valence-electron chi connectivity index (χ4n) is 2.10. The van der Waals surface area contributed by atoms with Crippen LogP contribution in [-0.4, -0.2) is 27.8 Å². The standard InChI is InChI=1S/C12H11N3O3/c16-12(17)10-14-11(18-15-10)8-5-7-3-1-2-4-9(7)13-6-8/h1-4,8,13H,5-6H2,(H,16,17). The van der Waals surface area contributed by atoms with Crippen molar-refractivity contribution in [1.82, 2.24) is 10.1 Å². The van der Waals surface area contributed by atoms with Crippen LogP contribution >= 0.6 is 0 Å². The minimum absolute atomic E-state index is 0.0144. The average molecular weight is 245 g/mol. The summed E-state index contributed by atoms with van der Waals surface area (Å²) in [4.78, 5) is 14.6. The zero-order chi connectivity index (χ0) is 12.5. The molecular weight excluding hydrogens is 234 g/mol. The molecule has 0 bridgehead atoms. The number of para-hydroxylation sites is 1. The molecule has 0 amide bonds. The number of aromatic carboxylic acids is 1. The van der Waals surface area contributed by atoms with E-state index in [1.807, 2.05) is 24.3 Å². The molecule has 0 saturated heterocycles. The molecule has 1 aromatic heterocycles. The van der Waals surface area contributed by atoms with Crippen LogP contribution in [0.4, 0.5) is 5.69 Å². The predicted octanol–water partition coefficient (Wildman–Crippen LogP) is 1.52. The van der Waals surface area contributed by atoms with Gasteiger partial charge < -0.3 is 14.9 Å². The molecule has 1 aliphatic rings. The summed E-state index contributed by atoms with van der Waals surface area (Å²) in [6.45, 7) is 0.665. The van der Waals surface area contributed by atoms with Crippen molar-refractivity contribution in [2.24, 2.45) is 0 Å². The number of rotatable bonds is 2. The van der Waals surface area contributed by atoms with Crippen LogP contribution in [0.5, 0.6) is 0 Å². The number of carboxylic acid groups (broad SMARTS) is 1. The Morgan fingerprint density at radius 1 is 1.44 bits per heavy atom. The van der Waals surface area contributed by atoms with Gasteiger partial charge in [0, 0.05) is 12.2 Å². The molecule has 0 spiro atoms. The molecule has 0 fully saturated rings. The highest BCUT2D eigenvalue weighted by atomic mass is 16.5. The third-order valence-electron chi connectivity index (χ3n) is 3.00. The van der Waals surface area contributed by atoms with Crippen molar-refractivity contribution >= 4 is 11.7 Å². The van der Waals surface area contributed by atoms with Crippen LogP contribution in [0.3, 0.4) is 0 Å². The van der Waals surface area contributed by atoms with Crippen LogP contribution in [0.15, 0.2) is 28.8 Å². The van der Waals surface area contributed by atoms with Gasteiger partial charge in [-0.15, -0.1) is 0 Å². The summed E-state index contributed by atoms with van der Waals surface area (Å²) in [5, 5.41) is 15.5. The molecule has 2 N–H and O–H groups in total. The fourth-order valence-corrected chi connectivity index (χ4v) is 2.10. The van der Waals surface area contributed by atoms with Crippen molar-refractivity contribution in [2.45, 2.75) is 12.3 Å². The normalized spacial score (nSPS) is 17.9. The summed E-state index contributed by atoms with van der Waals surface area (Å²) in [6, 6.07) is 7.99.